The van der Waals surface area contributed by atoms with E-state index in [1.807, 2.05) is 37.4 Å². The third-order valence-corrected chi connectivity index (χ3v) is 6.04. The van der Waals surface area contributed by atoms with Crippen molar-refractivity contribution in [2.24, 2.45) is 5.92 Å². The van der Waals surface area contributed by atoms with E-state index in [1.165, 1.54) is 6.42 Å². The second-order valence-electron chi connectivity index (χ2n) is 7.79. The topological polar surface area (TPSA) is 64.4 Å². The largest absolute Gasteiger partial charge is 0.338 e. The highest BCUT2D eigenvalue weighted by molar-refractivity contribution is 5.82. The highest BCUT2D eigenvalue weighted by Crippen LogP contribution is 2.31. The van der Waals surface area contributed by atoms with Gasteiger partial charge in [-0.05, 0) is 31.2 Å². The third-order valence-electron chi connectivity index (χ3n) is 6.04. The van der Waals surface area contributed by atoms with Crippen LogP contribution in [0.15, 0.2) is 30.3 Å². The van der Waals surface area contributed by atoms with Gasteiger partial charge in [-0.2, -0.15) is 5.26 Å². The summed E-state index contributed by atoms with van der Waals surface area (Å²) < 4.78 is 0. The Hall–Kier alpha value is -2.35. The Kier molecular flexibility index (Phi) is 6.49. The number of nitriles is 1. The first-order chi connectivity index (χ1) is 13.1. The number of hydrogen-bond acceptors (Lipinski definition) is 3. The molecule has 0 radical (unpaired) electrons. The minimum Gasteiger partial charge on any atom is -0.338 e. The Bertz CT molecular complexity index is 691. The van der Waals surface area contributed by atoms with E-state index in [2.05, 4.69) is 6.07 Å². The van der Waals surface area contributed by atoms with Crippen LogP contribution in [0.25, 0.3) is 0 Å². The number of nitrogens with zero attached hydrogens (tertiary/aromatic N) is 3. The maximum absolute atomic E-state index is 13.1. The summed E-state index contributed by atoms with van der Waals surface area (Å²) in [5.41, 5.74) is 0.977. The molecular formula is C22H29N3O2. The van der Waals surface area contributed by atoms with Gasteiger partial charge < -0.3 is 9.80 Å². The predicted molar refractivity (Wildman–Crippen MR) is 103 cm³/mol. The number of hydrogen-bond donors (Lipinski definition) is 0. The first-order valence-corrected chi connectivity index (χ1v) is 10.1. The summed E-state index contributed by atoms with van der Waals surface area (Å²) in [5, 5.41) is 9.30. The molecule has 27 heavy (non-hydrogen) atoms. The van der Waals surface area contributed by atoms with E-state index < -0.39 is 0 Å². The van der Waals surface area contributed by atoms with Crippen molar-refractivity contribution in [1.29, 1.82) is 5.26 Å². The highest BCUT2D eigenvalue weighted by Gasteiger charge is 2.34. The Morgan fingerprint density at radius 1 is 1.15 bits per heavy atom. The quantitative estimate of drug-likeness (QED) is 0.797. The molecule has 2 fully saturated rings. The summed E-state index contributed by atoms with van der Waals surface area (Å²) in [6.45, 7) is 0.638. The first kappa shape index (κ1) is 19.4. The van der Waals surface area contributed by atoms with E-state index in [0.717, 1.165) is 44.1 Å². The van der Waals surface area contributed by atoms with Gasteiger partial charge in [0.1, 0.15) is 6.04 Å². The molecule has 1 aromatic rings. The number of likely N-dealkylation sites (tertiary alicyclic amines) is 1. The molecule has 2 aliphatic rings. The molecule has 2 atom stereocenters. The lowest BCUT2D eigenvalue weighted by Gasteiger charge is -2.34. The van der Waals surface area contributed by atoms with Crippen molar-refractivity contribution < 1.29 is 9.59 Å². The smallest absolute Gasteiger partial charge is 0.226 e. The summed E-state index contributed by atoms with van der Waals surface area (Å²) in [6.07, 6.45) is 7.16. The molecule has 1 aromatic carbocycles. The number of amides is 2. The monoisotopic (exact) mass is 367 g/mol. The summed E-state index contributed by atoms with van der Waals surface area (Å²) in [6, 6.07) is 11.4. The minimum absolute atomic E-state index is 0.0313. The molecule has 1 aliphatic heterocycles. The van der Waals surface area contributed by atoms with Crippen LogP contribution < -0.4 is 0 Å². The molecule has 0 spiro atoms. The van der Waals surface area contributed by atoms with Gasteiger partial charge in [0.05, 0.1) is 18.5 Å². The van der Waals surface area contributed by atoms with Gasteiger partial charge in [0.2, 0.25) is 11.8 Å². The van der Waals surface area contributed by atoms with Crippen molar-refractivity contribution in [2.75, 3.05) is 13.6 Å². The molecule has 0 aromatic heterocycles. The second-order valence-corrected chi connectivity index (χ2v) is 7.79. The van der Waals surface area contributed by atoms with Crippen LogP contribution in [0.3, 0.4) is 0 Å². The van der Waals surface area contributed by atoms with Crippen molar-refractivity contribution in [2.45, 2.75) is 63.5 Å². The van der Waals surface area contributed by atoms with Crippen LogP contribution in [0.2, 0.25) is 0 Å². The molecule has 0 bridgehead atoms. The minimum atomic E-state index is -0.326. The van der Waals surface area contributed by atoms with E-state index in [0.29, 0.717) is 6.54 Å². The van der Waals surface area contributed by atoms with Crippen LogP contribution in [0.4, 0.5) is 0 Å². The lowest BCUT2D eigenvalue weighted by molar-refractivity contribution is -0.140. The van der Waals surface area contributed by atoms with Crippen molar-refractivity contribution in [3.8, 4) is 6.07 Å². The predicted octanol–water partition coefficient (Wildman–Crippen LogP) is 3.67. The van der Waals surface area contributed by atoms with Gasteiger partial charge >= 0.3 is 0 Å². The lowest BCUT2D eigenvalue weighted by atomic mass is 9.87. The molecule has 5 heteroatoms. The zero-order valence-corrected chi connectivity index (χ0v) is 16.1. The standard InChI is InChI=1S/C22H29N3O2/c1-24(22(27)18-11-6-3-7-12-18)20(17-9-4-2-5-10-17)15-21(26)25-14-8-13-19(25)16-23/h2,4-5,9-10,18-20H,3,6-8,11-15H2,1H3/t19-,20-/m0/s1. The zero-order valence-electron chi connectivity index (χ0n) is 16.1. The summed E-state index contributed by atoms with van der Waals surface area (Å²) in [5.74, 6) is 0.189. The third kappa shape index (κ3) is 4.50. The summed E-state index contributed by atoms with van der Waals surface area (Å²) in [4.78, 5) is 29.5. The van der Waals surface area contributed by atoms with Crippen LogP contribution in [-0.2, 0) is 9.59 Å². The van der Waals surface area contributed by atoms with Gasteiger partial charge in [-0.3, -0.25) is 9.59 Å². The second kappa shape index (κ2) is 9.03. The molecule has 1 saturated heterocycles. The van der Waals surface area contributed by atoms with Crippen molar-refractivity contribution in [1.82, 2.24) is 9.80 Å². The maximum Gasteiger partial charge on any atom is 0.226 e. The van der Waals surface area contributed by atoms with Gasteiger partial charge in [0.15, 0.2) is 0 Å². The van der Waals surface area contributed by atoms with E-state index >= 15 is 0 Å². The van der Waals surface area contributed by atoms with E-state index in [4.69, 9.17) is 0 Å². The zero-order chi connectivity index (χ0) is 19.2. The van der Waals surface area contributed by atoms with Gasteiger partial charge in [0.25, 0.3) is 0 Å². The first-order valence-electron chi connectivity index (χ1n) is 10.1. The van der Waals surface area contributed by atoms with Crippen molar-refractivity contribution >= 4 is 11.8 Å². The molecule has 0 N–H and O–H groups in total. The fourth-order valence-electron chi connectivity index (χ4n) is 4.43. The molecule has 1 heterocycles. The van der Waals surface area contributed by atoms with E-state index in [-0.39, 0.29) is 36.2 Å². The average Bonchev–Trinajstić information content (AvgIpc) is 3.21. The Balaban J connectivity index is 1.78. The number of carbonyl (C=O) groups is 2. The van der Waals surface area contributed by atoms with Crippen LogP contribution in [0.5, 0.6) is 0 Å². The molecule has 2 amide bonds. The van der Waals surface area contributed by atoms with Gasteiger partial charge in [-0.15, -0.1) is 0 Å². The van der Waals surface area contributed by atoms with Gasteiger partial charge in [0, 0.05) is 19.5 Å². The summed E-state index contributed by atoms with van der Waals surface area (Å²) in [7, 11) is 1.83. The highest BCUT2D eigenvalue weighted by atomic mass is 16.2. The van der Waals surface area contributed by atoms with Gasteiger partial charge in [-0.25, -0.2) is 0 Å². The molecule has 144 valence electrons. The molecule has 1 aliphatic carbocycles. The molecule has 3 rings (SSSR count). The Morgan fingerprint density at radius 2 is 1.85 bits per heavy atom. The van der Waals surface area contributed by atoms with Crippen molar-refractivity contribution in [3.63, 3.8) is 0 Å². The Morgan fingerprint density at radius 3 is 2.52 bits per heavy atom. The van der Waals surface area contributed by atoms with Crippen LogP contribution in [-0.4, -0.2) is 41.2 Å². The Labute approximate surface area is 161 Å². The van der Waals surface area contributed by atoms with E-state index in [9.17, 15) is 14.9 Å². The van der Waals surface area contributed by atoms with Crippen LogP contribution in [0, 0.1) is 17.2 Å². The van der Waals surface area contributed by atoms with Crippen LogP contribution >= 0.6 is 0 Å². The fraction of sp³-hybridized carbons (Fsp3) is 0.591. The van der Waals surface area contributed by atoms with Crippen molar-refractivity contribution in [3.05, 3.63) is 35.9 Å². The average molecular weight is 367 g/mol. The maximum atomic E-state index is 13.1. The fourth-order valence-corrected chi connectivity index (χ4v) is 4.43. The number of benzene rings is 1. The lowest BCUT2D eigenvalue weighted by Crippen LogP contribution is -2.41. The number of carbonyl (C=O) groups excluding carboxylic acids is 2. The normalized spacial score (nSPS) is 21.5. The molecular weight excluding hydrogens is 338 g/mol. The van der Waals surface area contributed by atoms with Gasteiger partial charge in [-0.1, -0.05) is 49.6 Å². The molecule has 5 nitrogen and oxygen atoms in total. The molecule has 1 saturated carbocycles. The number of rotatable bonds is 5. The SMILES string of the molecule is CN(C(=O)C1CCCCC1)[C@@H](CC(=O)N1CCC[C@H]1C#N)c1ccccc1. The molecule has 0 unspecified atom stereocenters. The summed E-state index contributed by atoms with van der Waals surface area (Å²) >= 11 is 0. The van der Waals surface area contributed by atoms with E-state index in [1.54, 1.807) is 9.80 Å². The van der Waals surface area contributed by atoms with Crippen LogP contribution in [0.1, 0.15) is 63.0 Å².